The Balaban J connectivity index is 2.49. The first kappa shape index (κ1) is 13.2. The Morgan fingerprint density at radius 3 is 2.33 bits per heavy atom. The topological polar surface area (TPSA) is 42.7 Å². The number of nitrogens with zero attached hydrogens (tertiary/aromatic N) is 3. The van der Waals surface area contributed by atoms with Crippen molar-refractivity contribution in [1.29, 1.82) is 0 Å². The zero-order valence-corrected chi connectivity index (χ0v) is 11.8. The highest BCUT2D eigenvalue weighted by atomic mass is 35.5. The molecule has 0 spiro atoms. The van der Waals surface area contributed by atoms with Crippen LogP contribution in [0.2, 0.25) is 10.0 Å². The highest BCUT2D eigenvalue weighted by molar-refractivity contribution is 6.35. The standard InChI is InChI=1S/C12H14Cl2N4/c1-3-15-12-17-16-11(18(12)4-2)8-5-9(13)7-10(14)6-8/h5-7H,3-4H2,1-2H3,(H,15,17). The average molecular weight is 285 g/mol. The summed E-state index contributed by atoms with van der Waals surface area (Å²) in [6.07, 6.45) is 0. The molecule has 4 nitrogen and oxygen atoms in total. The van der Waals surface area contributed by atoms with Crippen molar-refractivity contribution in [3.63, 3.8) is 0 Å². The van der Waals surface area contributed by atoms with Crippen LogP contribution in [-0.4, -0.2) is 21.3 Å². The molecular formula is C12H14Cl2N4. The predicted molar refractivity (Wildman–Crippen MR) is 75.3 cm³/mol. The van der Waals surface area contributed by atoms with E-state index in [0.29, 0.717) is 10.0 Å². The molecule has 0 atom stereocenters. The lowest BCUT2D eigenvalue weighted by Gasteiger charge is -2.08. The van der Waals surface area contributed by atoms with Gasteiger partial charge in [0.1, 0.15) is 0 Å². The van der Waals surface area contributed by atoms with Crippen molar-refractivity contribution >= 4 is 29.2 Å². The van der Waals surface area contributed by atoms with Crippen molar-refractivity contribution in [2.45, 2.75) is 20.4 Å². The third-order valence-electron chi connectivity index (χ3n) is 2.52. The molecule has 0 aliphatic rings. The van der Waals surface area contributed by atoms with E-state index in [1.807, 2.05) is 30.5 Å². The van der Waals surface area contributed by atoms with Crippen molar-refractivity contribution in [1.82, 2.24) is 14.8 Å². The van der Waals surface area contributed by atoms with E-state index in [2.05, 4.69) is 15.5 Å². The Morgan fingerprint density at radius 2 is 1.78 bits per heavy atom. The monoisotopic (exact) mass is 284 g/mol. The van der Waals surface area contributed by atoms with Crippen LogP contribution in [0, 0.1) is 0 Å². The Kier molecular flexibility index (Phi) is 4.09. The van der Waals surface area contributed by atoms with Crippen molar-refractivity contribution in [3.05, 3.63) is 28.2 Å². The van der Waals surface area contributed by atoms with E-state index in [4.69, 9.17) is 23.2 Å². The minimum Gasteiger partial charge on any atom is -0.355 e. The molecule has 18 heavy (non-hydrogen) atoms. The lowest BCUT2D eigenvalue weighted by molar-refractivity contribution is 0.770. The van der Waals surface area contributed by atoms with Crippen LogP contribution < -0.4 is 5.32 Å². The Hall–Kier alpha value is -1.26. The smallest absolute Gasteiger partial charge is 0.224 e. The molecule has 0 aliphatic carbocycles. The molecule has 2 aromatic rings. The number of hydrogen-bond donors (Lipinski definition) is 1. The van der Waals surface area contributed by atoms with E-state index < -0.39 is 0 Å². The summed E-state index contributed by atoms with van der Waals surface area (Å²) in [5.74, 6) is 1.52. The molecule has 1 N–H and O–H groups in total. The van der Waals surface area contributed by atoms with Crippen molar-refractivity contribution in [2.24, 2.45) is 0 Å². The maximum Gasteiger partial charge on any atom is 0.224 e. The molecule has 0 fully saturated rings. The Bertz CT molecular complexity index is 531. The van der Waals surface area contributed by atoms with Crippen LogP contribution in [-0.2, 0) is 6.54 Å². The molecule has 1 heterocycles. The van der Waals surface area contributed by atoms with E-state index in [-0.39, 0.29) is 0 Å². The van der Waals surface area contributed by atoms with Gasteiger partial charge in [0.05, 0.1) is 0 Å². The molecule has 2 rings (SSSR count). The largest absolute Gasteiger partial charge is 0.355 e. The summed E-state index contributed by atoms with van der Waals surface area (Å²) in [5, 5.41) is 12.7. The van der Waals surface area contributed by atoms with Gasteiger partial charge in [-0.2, -0.15) is 0 Å². The number of anilines is 1. The number of halogens is 2. The van der Waals surface area contributed by atoms with Gasteiger partial charge in [-0.15, -0.1) is 10.2 Å². The average Bonchev–Trinajstić information content (AvgIpc) is 2.71. The zero-order chi connectivity index (χ0) is 13.1. The van der Waals surface area contributed by atoms with Crippen LogP contribution in [0.25, 0.3) is 11.4 Å². The second-order valence-corrected chi connectivity index (χ2v) is 4.65. The molecular weight excluding hydrogens is 271 g/mol. The van der Waals surface area contributed by atoms with Crippen LogP contribution in [0.15, 0.2) is 18.2 Å². The molecule has 96 valence electrons. The van der Waals surface area contributed by atoms with E-state index in [9.17, 15) is 0 Å². The number of rotatable bonds is 4. The molecule has 0 aliphatic heterocycles. The molecule has 1 aromatic carbocycles. The highest BCUT2D eigenvalue weighted by Gasteiger charge is 2.12. The molecule has 0 amide bonds. The van der Waals surface area contributed by atoms with E-state index in [1.54, 1.807) is 6.07 Å². The fourth-order valence-corrected chi connectivity index (χ4v) is 2.31. The maximum absolute atomic E-state index is 6.01. The molecule has 0 saturated carbocycles. The summed E-state index contributed by atoms with van der Waals surface area (Å²) in [6.45, 7) is 5.63. The van der Waals surface area contributed by atoms with E-state index in [1.165, 1.54) is 0 Å². The van der Waals surface area contributed by atoms with Gasteiger partial charge in [0.15, 0.2) is 5.82 Å². The molecule has 0 saturated heterocycles. The maximum atomic E-state index is 6.01. The number of aromatic nitrogens is 3. The van der Waals surface area contributed by atoms with Crippen molar-refractivity contribution in [2.75, 3.05) is 11.9 Å². The van der Waals surface area contributed by atoms with Crippen LogP contribution >= 0.6 is 23.2 Å². The number of hydrogen-bond acceptors (Lipinski definition) is 3. The summed E-state index contributed by atoms with van der Waals surface area (Å²) in [7, 11) is 0. The molecule has 6 heteroatoms. The van der Waals surface area contributed by atoms with E-state index >= 15 is 0 Å². The van der Waals surface area contributed by atoms with Gasteiger partial charge < -0.3 is 5.32 Å². The molecule has 0 radical (unpaired) electrons. The quantitative estimate of drug-likeness (QED) is 0.931. The Morgan fingerprint density at radius 1 is 1.11 bits per heavy atom. The minimum atomic E-state index is 0.591. The molecule has 0 unspecified atom stereocenters. The summed E-state index contributed by atoms with van der Waals surface area (Å²) in [5.41, 5.74) is 0.867. The van der Waals surface area contributed by atoms with Gasteiger partial charge in [-0.1, -0.05) is 23.2 Å². The second-order valence-electron chi connectivity index (χ2n) is 3.78. The molecule has 0 bridgehead atoms. The fourth-order valence-electron chi connectivity index (χ4n) is 1.79. The second kappa shape index (κ2) is 5.59. The lowest BCUT2D eigenvalue weighted by atomic mass is 10.2. The van der Waals surface area contributed by atoms with Gasteiger partial charge in [-0.05, 0) is 32.0 Å². The van der Waals surface area contributed by atoms with Gasteiger partial charge in [-0.3, -0.25) is 4.57 Å². The third kappa shape index (κ3) is 2.60. The summed E-state index contributed by atoms with van der Waals surface area (Å²) >= 11 is 12.0. The Labute approximate surface area is 116 Å². The summed E-state index contributed by atoms with van der Waals surface area (Å²) in [6, 6.07) is 5.36. The van der Waals surface area contributed by atoms with Crippen LogP contribution in [0.1, 0.15) is 13.8 Å². The summed E-state index contributed by atoms with van der Waals surface area (Å²) in [4.78, 5) is 0. The number of nitrogens with one attached hydrogen (secondary N) is 1. The lowest BCUT2D eigenvalue weighted by Crippen LogP contribution is -2.06. The SMILES string of the molecule is CCNc1nnc(-c2cc(Cl)cc(Cl)c2)n1CC. The predicted octanol–water partition coefficient (Wildman–Crippen LogP) is 3.70. The van der Waals surface area contributed by atoms with E-state index in [0.717, 1.165) is 30.4 Å². The normalized spacial score (nSPS) is 10.7. The fraction of sp³-hybridized carbons (Fsp3) is 0.333. The first-order chi connectivity index (χ1) is 8.65. The highest BCUT2D eigenvalue weighted by Crippen LogP contribution is 2.27. The van der Waals surface area contributed by atoms with Crippen LogP contribution in [0.5, 0.6) is 0 Å². The van der Waals surface area contributed by atoms with Crippen LogP contribution in [0.3, 0.4) is 0 Å². The molecule has 1 aromatic heterocycles. The van der Waals surface area contributed by atoms with Gasteiger partial charge in [0.25, 0.3) is 0 Å². The van der Waals surface area contributed by atoms with Gasteiger partial charge in [-0.25, -0.2) is 0 Å². The van der Waals surface area contributed by atoms with Gasteiger partial charge >= 0.3 is 0 Å². The van der Waals surface area contributed by atoms with Crippen molar-refractivity contribution < 1.29 is 0 Å². The van der Waals surface area contributed by atoms with Gasteiger partial charge in [0, 0.05) is 28.7 Å². The third-order valence-corrected chi connectivity index (χ3v) is 2.96. The zero-order valence-electron chi connectivity index (χ0n) is 10.2. The first-order valence-electron chi connectivity index (χ1n) is 5.79. The van der Waals surface area contributed by atoms with Crippen molar-refractivity contribution in [3.8, 4) is 11.4 Å². The summed E-state index contributed by atoms with van der Waals surface area (Å²) < 4.78 is 1.99. The van der Waals surface area contributed by atoms with Gasteiger partial charge in [0.2, 0.25) is 5.95 Å². The number of benzene rings is 1. The minimum absolute atomic E-state index is 0.591. The first-order valence-corrected chi connectivity index (χ1v) is 6.54. The van der Waals surface area contributed by atoms with Crippen LogP contribution in [0.4, 0.5) is 5.95 Å².